The van der Waals surface area contributed by atoms with Gasteiger partial charge in [0.25, 0.3) is 0 Å². The number of nitrogens with one attached hydrogen (secondary N) is 2. The lowest BCUT2D eigenvalue weighted by Crippen LogP contribution is -2.47. The molecular weight excluding hydrogens is 212 g/mol. The Morgan fingerprint density at radius 3 is 2.56 bits per heavy atom. The Kier molecular flexibility index (Phi) is 6.67. The molecule has 94 valence electrons. The third-order valence-corrected chi connectivity index (χ3v) is 1.95. The standard InChI is InChI=1S/C10H20N2O4/c1-4-5-12-8(13)6-11-7-10(2,15)9(14)16-3/h11,15H,4-7H2,1-3H3,(H,12,13). The maximum Gasteiger partial charge on any atom is 0.338 e. The molecule has 0 bridgehead atoms. The molecule has 6 heteroatoms. The van der Waals surface area contributed by atoms with E-state index >= 15 is 0 Å². The first-order valence-corrected chi connectivity index (χ1v) is 5.22. The van der Waals surface area contributed by atoms with Crippen molar-refractivity contribution in [3.8, 4) is 0 Å². The van der Waals surface area contributed by atoms with E-state index < -0.39 is 11.6 Å². The molecule has 1 atom stereocenters. The van der Waals surface area contributed by atoms with Crippen LogP contribution in [0.4, 0.5) is 0 Å². The number of aliphatic hydroxyl groups is 1. The predicted octanol–water partition coefficient (Wildman–Crippen LogP) is -0.974. The van der Waals surface area contributed by atoms with Crippen LogP contribution in [0.25, 0.3) is 0 Å². The lowest BCUT2D eigenvalue weighted by atomic mass is 10.1. The van der Waals surface area contributed by atoms with Gasteiger partial charge in [-0.25, -0.2) is 4.79 Å². The van der Waals surface area contributed by atoms with Crippen LogP contribution in [-0.4, -0.2) is 49.3 Å². The number of amides is 1. The van der Waals surface area contributed by atoms with Crippen molar-refractivity contribution in [1.29, 1.82) is 0 Å². The van der Waals surface area contributed by atoms with Gasteiger partial charge in [-0.05, 0) is 13.3 Å². The minimum atomic E-state index is -1.61. The first-order valence-electron chi connectivity index (χ1n) is 5.22. The van der Waals surface area contributed by atoms with Crippen LogP contribution in [0.15, 0.2) is 0 Å². The Labute approximate surface area is 95.4 Å². The van der Waals surface area contributed by atoms with Crippen molar-refractivity contribution >= 4 is 11.9 Å². The molecular formula is C10H20N2O4. The smallest absolute Gasteiger partial charge is 0.338 e. The monoisotopic (exact) mass is 232 g/mol. The van der Waals surface area contributed by atoms with Gasteiger partial charge < -0.3 is 20.5 Å². The molecule has 0 aliphatic heterocycles. The first kappa shape index (κ1) is 14.9. The van der Waals surface area contributed by atoms with Crippen LogP contribution in [0.3, 0.4) is 0 Å². The summed E-state index contributed by atoms with van der Waals surface area (Å²) in [5.74, 6) is -0.892. The fourth-order valence-electron chi connectivity index (χ4n) is 1.04. The molecule has 0 aliphatic rings. The number of carbonyl (C=O) groups is 2. The Morgan fingerprint density at radius 2 is 2.06 bits per heavy atom. The van der Waals surface area contributed by atoms with Gasteiger partial charge in [0.05, 0.1) is 13.7 Å². The molecule has 0 rings (SSSR count). The predicted molar refractivity (Wildman–Crippen MR) is 58.8 cm³/mol. The molecule has 0 saturated carbocycles. The molecule has 0 aromatic carbocycles. The molecule has 0 aliphatic carbocycles. The highest BCUT2D eigenvalue weighted by molar-refractivity contribution is 5.80. The number of hydrogen-bond acceptors (Lipinski definition) is 5. The molecule has 0 aromatic heterocycles. The second kappa shape index (κ2) is 7.19. The van der Waals surface area contributed by atoms with Crippen LogP contribution < -0.4 is 10.6 Å². The summed E-state index contributed by atoms with van der Waals surface area (Å²) in [4.78, 5) is 22.2. The summed E-state index contributed by atoms with van der Waals surface area (Å²) >= 11 is 0. The van der Waals surface area contributed by atoms with Gasteiger partial charge >= 0.3 is 5.97 Å². The Hall–Kier alpha value is -1.14. The Bertz CT molecular complexity index is 241. The lowest BCUT2D eigenvalue weighted by Gasteiger charge is -2.20. The largest absolute Gasteiger partial charge is 0.467 e. The summed E-state index contributed by atoms with van der Waals surface area (Å²) < 4.78 is 4.41. The average molecular weight is 232 g/mol. The van der Waals surface area contributed by atoms with Crippen LogP contribution in [0.1, 0.15) is 20.3 Å². The molecule has 0 saturated heterocycles. The van der Waals surface area contributed by atoms with E-state index in [1.54, 1.807) is 0 Å². The fraction of sp³-hybridized carbons (Fsp3) is 0.800. The van der Waals surface area contributed by atoms with E-state index in [4.69, 9.17) is 0 Å². The van der Waals surface area contributed by atoms with Crippen LogP contribution in [-0.2, 0) is 14.3 Å². The molecule has 1 amide bonds. The Balaban J connectivity index is 3.80. The van der Waals surface area contributed by atoms with Crippen molar-refractivity contribution < 1.29 is 19.4 Å². The van der Waals surface area contributed by atoms with Crippen LogP contribution in [0.5, 0.6) is 0 Å². The first-order chi connectivity index (χ1) is 7.44. The zero-order chi connectivity index (χ0) is 12.6. The minimum Gasteiger partial charge on any atom is -0.467 e. The summed E-state index contributed by atoms with van der Waals surface area (Å²) in [6, 6.07) is 0. The highest BCUT2D eigenvalue weighted by Gasteiger charge is 2.30. The van der Waals surface area contributed by atoms with Crippen molar-refractivity contribution in [2.75, 3.05) is 26.7 Å². The van der Waals surface area contributed by atoms with Crippen LogP contribution >= 0.6 is 0 Å². The molecule has 6 nitrogen and oxygen atoms in total. The van der Waals surface area contributed by atoms with Gasteiger partial charge in [-0.2, -0.15) is 0 Å². The number of rotatable bonds is 7. The summed E-state index contributed by atoms with van der Waals surface area (Å²) in [6.07, 6.45) is 0.867. The molecule has 3 N–H and O–H groups in total. The molecule has 16 heavy (non-hydrogen) atoms. The topological polar surface area (TPSA) is 87.7 Å². The van der Waals surface area contributed by atoms with Gasteiger partial charge in [-0.1, -0.05) is 6.92 Å². The summed E-state index contributed by atoms with van der Waals surface area (Å²) in [7, 11) is 1.20. The number of ether oxygens (including phenoxy) is 1. The van der Waals surface area contributed by atoms with E-state index in [9.17, 15) is 14.7 Å². The number of methoxy groups -OCH3 is 1. The lowest BCUT2D eigenvalue weighted by molar-refractivity contribution is -0.160. The van der Waals surface area contributed by atoms with E-state index in [1.165, 1.54) is 14.0 Å². The zero-order valence-corrected chi connectivity index (χ0v) is 10.0. The van der Waals surface area contributed by atoms with Gasteiger partial charge in [0.1, 0.15) is 0 Å². The fourth-order valence-corrected chi connectivity index (χ4v) is 1.04. The quantitative estimate of drug-likeness (QED) is 0.491. The van der Waals surface area contributed by atoms with Crippen molar-refractivity contribution in [1.82, 2.24) is 10.6 Å². The molecule has 0 spiro atoms. The highest BCUT2D eigenvalue weighted by atomic mass is 16.5. The van der Waals surface area contributed by atoms with Gasteiger partial charge in [0.2, 0.25) is 5.91 Å². The van der Waals surface area contributed by atoms with Crippen molar-refractivity contribution in [2.45, 2.75) is 25.9 Å². The Morgan fingerprint density at radius 1 is 1.44 bits per heavy atom. The normalized spacial score (nSPS) is 14.0. The van der Waals surface area contributed by atoms with Gasteiger partial charge in [-0.3, -0.25) is 4.79 Å². The molecule has 0 heterocycles. The van der Waals surface area contributed by atoms with Crippen molar-refractivity contribution in [3.63, 3.8) is 0 Å². The second-order valence-electron chi connectivity index (χ2n) is 3.72. The van der Waals surface area contributed by atoms with Crippen molar-refractivity contribution in [3.05, 3.63) is 0 Å². The third kappa shape index (κ3) is 5.67. The highest BCUT2D eigenvalue weighted by Crippen LogP contribution is 2.03. The number of hydrogen-bond donors (Lipinski definition) is 3. The number of esters is 1. The molecule has 0 aromatic rings. The van der Waals surface area contributed by atoms with Gasteiger partial charge in [0, 0.05) is 13.1 Å². The van der Waals surface area contributed by atoms with Gasteiger partial charge in [0.15, 0.2) is 5.60 Å². The maximum atomic E-state index is 11.2. The maximum absolute atomic E-state index is 11.2. The van der Waals surface area contributed by atoms with Crippen LogP contribution in [0.2, 0.25) is 0 Å². The van der Waals surface area contributed by atoms with E-state index in [2.05, 4.69) is 15.4 Å². The van der Waals surface area contributed by atoms with Gasteiger partial charge in [-0.15, -0.1) is 0 Å². The second-order valence-corrected chi connectivity index (χ2v) is 3.72. The van der Waals surface area contributed by atoms with E-state index in [1.807, 2.05) is 6.92 Å². The minimum absolute atomic E-state index is 0.0286. The van der Waals surface area contributed by atoms with Crippen molar-refractivity contribution in [2.24, 2.45) is 0 Å². The number of carbonyl (C=O) groups excluding carboxylic acids is 2. The molecule has 1 unspecified atom stereocenters. The third-order valence-electron chi connectivity index (χ3n) is 1.95. The molecule has 0 fully saturated rings. The van der Waals surface area contributed by atoms with E-state index in [0.29, 0.717) is 6.54 Å². The summed E-state index contributed by atoms with van der Waals surface area (Å²) in [5.41, 5.74) is -1.61. The zero-order valence-electron chi connectivity index (χ0n) is 10.0. The van der Waals surface area contributed by atoms with Crippen LogP contribution in [0, 0.1) is 0 Å². The SMILES string of the molecule is CCCNC(=O)CNCC(C)(O)C(=O)OC. The molecule has 0 radical (unpaired) electrons. The van der Waals surface area contributed by atoms with E-state index in [0.717, 1.165) is 6.42 Å². The van der Waals surface area contributed by atoms with E-state index in [-0.39, 0.29) is 19.0 Å². The summed E-state index contributed by atoms with van der Waals surface area (Å²) in [6.45, 7) is 3.94. The average Bonchev–Trinajstić information content (AvgIpc) is 2.24. The summed E-state index contributed by atoms with van der Waals surface area (Å²) in [5, 5.41) is 15.0.